The van der Waals surface area contributed by atoms with Crippen LogP contribution in [-0.2, 0) is 4.79 Å². The summed E-state index contributed by atoms with van der Waals surface area (Å²) in [5.74, 6) is 5.53. The third kappa shape index (κ3) is 1.12. The van der Waals surface area contributed by atoms with Gasteiger partial charge in [-0.25, -0.2) is 0 Å². The van der Waals surface area contributed by atoms with E-state index >= 15 is 0 Å². The van der Waals surface area contributed by atoms with Crippen molar-refractivity contribution >= 4 is 5.91 Å². The molecule has 2 N–H and O–H groups in total. The van der Waals surface area contributed by atoms with Gasteiger partial charge in [-0.2, -0.15) is 0 Å². The fraction of sp³-hybridized carbons (Fsp3) is 0.571. The standard InChI is InChI=1S/C7H10N2O/c1-2-3-4-9-5-6(8)7(9)10/h6H,4-5,8H2,1H3. The van der Waals surface area contributed by atoms with E-state index in [0.717, 1.165) is 0 Å². The van der Waals surface area contributed by atoms with Crippen LogP contribution < -0.4 is 5.73 Å². The summed E-state index contributed by atoms with van der Waals surface area (Å²) in [5, 5.41) is 0. The van der Waals surface area contributed by atoms with E-state index in [-0.39, 0.29) is 11.9 Å². The maximum atomic E-state index is 10.8. The molecule has 1 heterocycles. The van der Waals surface area contributed by atoms with Crippen molar-refractivity contribution in [2.75, 3.05) is 13.1 Å². The highest BCUT2D eigenvalue weighted by molar-refractivity contribution is 5.87. The molecule has 0 aliphatic carbocycles. The first-order valence-corrected chi connectivity index (χ1v) is 3.19. The van der Waals surface area contributed by atoms with Crippen molar-refractivity contribution in [2.24, 2.45) is 5.73 Å². The van der Waals surface area contributed by atoms with E-state index in [9.17, 15) is 4.79 Å². The molecule has 0 aromatic heterocycles. The van der Waals surface area contributed by atoms with E-state index in [1.54, 1.807) is 11.8 Å². The van der Waals surface area contributed by atoms with Gasteiger partial charge in [0.25, 0.3) is 0 Å². The predicted molar refractivity (Wildman–Crippen MR) is 38.0 cm³/mol. The van der Waals surface area contributed by atoms with Crippen molar-refractivity contribution in [1.82, 2.24) is 4.90 Å². The second kappa shape index (κ2) is 2.72. The second-order valence-electron chi connectivity index (χ2n) is 2.25. The molecule has 1 atom stereocenters. The van der Waals surface area contributed by atoms with Gasteiger partial charge in [-0.05, 0) is 6.92 Å². The third-order valence-electron chi connectivity index (χ3n) is 1.49. The molecule has 1 fully saturated rings. The number of rotatable bonds is 1. The van der Waals surface area contributed by atoms with Crippen LogP contribution in [0.1, 0.15) is 6.92 Å². The van der Waals surface area contributed by atoms with Gasteiger partial charge in [-0.15, -0.1) is 5.92 Å². The summed E-state index contributed by atoms with van der Waals surface area (Å²) in [6.45, 7) is 2.95. The summed E-state index contributed by atoms with van der Waals surface area (Å²) in [7, 11) is 0. The van der Waals surface area contributed by atoms with Crippen molar-refractivity contribution in [3.8, 4) is 11.8 Å². The lowest BCUT2D eigenvalue weighted by Gasteiger charge is -2.34. The van der Waals surface area contributed by atoms with Gasteiger partial charge in [0.2, 0.25) is 5.91 Å². The SMILES string of the molecule is CC#CCN1CC(N)C1=O. The Morgan fingerprint density at radius 3 is 3.00 bits per heavy atom. The van der Waals surface area contributed by atoms with Crippen LogP contribution in [0.4, 0.5) is 0 Å². The van der Waals surface area contributed by atoms with Gasteiger partial charge in [0.05, 0.1) is 6.54 Å². The Bertz CT molecular complexity index is 201. The number of likely N-dealkylation sites (tertiary alicyclic amines) is 1. The van der Waals surface area contributed by atoms with E-state index in [2.05, 4.69) is 11.8 Å². The lowest BCUT2D eigenvalue weighted by Crippen LogP contribution is -2.60. The maximum absolute atomic E-state index is 10.8. The Kier molecular flexibility index (Phi) is 1.93. The number of β-lactam (4-membered cyclic amide) rings is 1. The minimum atomic E-state index is -0.265. The van der Waals surface area contributed by atoms with Gasteiger partial charge in [-0.3, -0.25) is 4.79 Å². The van der Waals surface area contributed by atoms with E-state index in [4.69, 9.17) is 5.73 Å². The van der Waals surface area contributed by atoms with Crippen LogP contribution in [0.25, 0.3) is 0 Å². The first-order chi connectivity index (χ1) is 4.75. The molecule has 1 aliphatic rings. The van der Waals surface area contributed by atoms with Crippen LogP contribution in [0, 0.1) is 11.8 Å². The molecule has 0 aromatic carbocycles. The topological polar surface area (TPSA) is 46.3 Å². The first-order valence-electron chi connectivity index (χ1n) is 3.19. The first kappa shape index (κ1) is 7.10. The molecule has 1 aliphatic heterocycles. The summed E-state index contributed by atoms with van der Waals surface area (Å²) in [6, 6.07) is -0.265. The van der Waals surface area contributed by atoms with Crippen molar-refractivity contribution in [3.05, 3.63) is 0 Å². The summed E-state index contributed by atoms with van der Waals surface area (Å²) in [4.78, 5) is 12.4. The minimum absolute atomic E-state index is 0.0164. The van der Waals surface area contributed by atoms with E-state index in [0.29, 0.717) is 13.1 Å². The summed E-state index contributed by atoms with van der Waals surface area (Å²) >= 11 is 0. The van der Waals surface area contributed by atoms with Gasteiger partial charge in [0, 0.05) is 6.54 Å². The van der Waals surface area contributed by atoms with Crippen molar-refractivity contribution in [1.29, 1.82) is 0 Å². The lowest BCUT2D eigenvalue weighted by molar-refractivity contribution is -0.141. The predicted octanol–water partition coefficient (Wildman–Crippen LogP) is -0.821. The smallest absolute Gasteiger partial charge is 0.242 e. The molecule has 1 rings (SSSR count). The molecular formula is C7H10N2O. The van der Waals surface area contributed by atoms with Gasteiger partial charge < -0.3 is 10.6 Å². The number of nitrogens with two attached hydrogens (primary N) is 1. The minimum Gasteiger partial charge on any atom is -0.328 e. The zero-order valence-corrected chi connectivity index (χ0v) is 5.92. The molecule has 0 spiro atoms. The molecule has 0 bridgehead atoms. The molecule has 0 aromatic rings. The fourth-order valence-electron chi connectivity index (χ4n) is 0.845. The molecule has 0 radical (unpaired) electrons. The average molecular weight is 138 g/mol. The van der Waals surface area contributed by atoms with Crippen molar-refractivity contribution < 1.29 is 4.79 Å². The molecular weight excluding hydrogens is 128 g/mol. The molecule has 3 heteroatoms. The molecule has 1 saturated heterocycles. The Labute approximate surface area is 60.2 Å². The van der Waals surface area contributed by atoms with Gasteiger partial charge in [0.15, 0.2) is 0 Å². The van der Waals surface area contributed by atoms with Crippen LogP contribution >= 0.6 is 0 Å². The Morgan fingerprint density at radius 2 is 2.60 bits per heavy atom. The Balaban J connectivity index is 2.32. The number of carbonyl (C=O) groups excluding carboxylic acids is 1. The molecule has 0 saturated carbocycles. The molecule has 1 unspecified atom stereocenters. The highest BCUT2D eigenvalue weighted by Gasteiger charge is 2.32. The Hall–Kier alpha value is -1.01. The summed E-state index contributed by atoms with van der Waals surface area (Å²) < 4.78 is 0. The van der Waals surface area contributed by atoms with Crippen LogP contribution in [0.3, 0.4) is 0 Å². The van der Waals surface area contributed by atoms with E-state index in [1.165, 1.54) is 0 Å². The number of hydrogen-bond acceptors (Lipinski definition) is 2. The highest BCUT2D eigenvalue weighted by atomic mass is 16.2. The molecule has 10 heavy (non-hydrogen) atoms. The summed E-state index contributed by atoms with van der Waals surface area (Å²) in [5.41, 5.74) is 5.34. The number of hydrogen-bond donors (Lipinski definition) is 1. The van der Waals surface area contributed by atoms with Gasteiger partial charge in [-0.1, -0.05) is 5.92 Å². The normalized spacial score (nSPS) is 23.2. The third-order valence-corrected chi connectivity index (χ3v) is 1.49. The number of carbonyl (C=O) groups is 1. The van der Waals surface area contributed by atoms with E-state index in [1.807, 2.05) is 0 Å². The number of amides is 1. The van der Waals surface area contributed by atoms with E-state index < -0.39 is 0 Å². The summed E-state index contributed by atoms with van der Waals surface area (Å²) in [6.07, 6.45) is 0. The Morgan fingerprint density at radius 1 is 1.90 bits per heavy atom. The lowest BCUT2D eigenvalue weighted by atomic mass is 10.1. The molecule has 1 amide bonds. The average Bonchev–Trinajstić information content (AvgIpc) is 1.97. The van der Waals surface area contributed by atoms with Crippen molar-refractivity contribution in [3.63, 3.8) is 0 Å². The fourth-order valence-corrected chi connectivity index (χ4v) is 0.845. The van der Waals surface area contributed by atoms with Gasteiger partial charge in [0.1, 0.15) is 6.04 Å². The van der Waals surface area contributed by atoms with Crippen LogP contribution in [0.2, 0.25) is 0 Å². The second-order valence-corrected chi connectivity index (χ2v) is 2.25. The quantitative estimate of drug-likeness (QED) is 0.380. The highest BCUT2D eigenvalue weighted by Crippen LogP contribution is 2.05. The zero-order chi connectivity index (χ0) is 7.56. The zero-order valence-electron chi connectivity index (χ0n) is 5.92. The van der Waals surface area contributed by atoms with Gasteiger partial charge >= 0.3 is 0 Å². The largest absolute Gasteiger partial charge is 0.328 e. The number of nitrogens with zero attached hydrogens (tertiary/aromatic N) is 1. The van der Waals surface area contributed by atoms with Crippen LogP contribution in [-0.4, -0.2) is 29.9 Å². The molecule has 3 nitrogen and oxygen atoms in total. The maximum Gasteiger partial charge on any atom is 0.242 e. The van der Waals surface area contributed by atoms with Crippen molar-refractivity contribution in [2.45, 2.75) is 13.0 Å². The van der Waals surface area contributed by atoms with Crippen LogP contribution in [0.15, 0.2) is 0 Å². The monoisotopic (exact) mass is 138 g/mol. The van der Waals surface area contributed by atoms with Crippen LogP contribution in [0.5, 0.6) is 0 Å². The molecule has 54 valence electrons.